The summed E-state index contributed by atoms with van der Waals surface area (Å²) in [7, 11) is 0. The van der Waals surface area contributed by atoms with E-state index in [0.717, 1.165) is 11.8 Å². The van der Waals surface area contributed by atoms with Gasteiger partial charge in [-0.25, -0.2) is 0 Å². The van der Waals surface area contributed by atoms with Crippen LogP contribution in [0.3, 0.4) is 0 Å². The zero-order valence-electron chi connectivity index (χ0n) is 8.87. The summed E-state index contributed by atoms with van der Waals surface area (Å²) in [6.07, 6.45) is 17.3. The zero-order valence-corrected chi connectivity index (χ0v) is 8.87. The van der Waals surface area contributed by atoms with Crippen molar-refractivity contribution in [1.29, 1.82) is 0 Å². The average molecular weight is 186 g/mol. The van der Waals surface area contributed by atoms with Crippen LogP contribution in [0, 0.1) is 17.3 Å². The van der Waals surface area contributed by atoms with Crippen molar-refractivity contribution in [3.8, 4) is 0 Å². The van der Waals surface area contributed by atoms with Crippen LogP contribution in [0.1, 0.15) is 32.6 Å². The summed E-state index contributed by atoms with van der Waals surface area (Å²) in [6.45, 7) is 2.43. The number of allylic oxidation sites excluding steroid dienone is 6. The van der Waals surface area contributed by atoms with E-state index in [0.29, 0.717) is 5.41 Å². The van der Waals surface area contributed by atoms with E-state index in [1.54, 1.807) is 5.57 Å². The second kappa shape index (κ2) is 2.85. The molecule has 0 heteroatoms. The number of hydrogen-bond acceptors (Lipinski definition) is 0. The normalized spacial score (nSPS) is 40.6. The highest BCUT2D eigenvalue weighted by atomic mass is 14.5. The molecule has 3 atom stereocenters. The van der Waals surface area contributed by atoms with E-state index in [-0.39, 0.29) is 0 Å². The summed E-state index contributed by atoms with van der Waals surface area (Å²) in [5.74, 6) is 1.67. The summed E-state index contributed by atoms with van der Waals surface area (Å²) < 4.78 is 0. The number of hydrogen-bond donors (Lipinski definition) is 0. The lowest BCUT2D eigenvalue weighted by Gasteiger charge is -2.32. The van der Waals surface area contributed by atoms with Gasteiger partial charge in [0.1, 0.15) is 0 Å². The van der Waals surface area contributed by atoms with Gasteiger partial charge in [0.15, 0.2) is 0 Å². The van der Waals surface area contributed by atoms with E-state index in [4.69, 9.17) is 0 Å². The van der Waals surface area contributed by atoms with E-state index in [9.17, 15) is 0 Å². The Balaban J connectivity index is 1.85. The van der Waals surface area contributed by atoms with Crippen molar-refractivity contribution in [3.05, 3.63) is 36.0 Å². The molecule has 3 aliphatic rings. The molecule has 0 nitrogen and oxygen atoms in total. The maximum Gasteiger partial charge on any atom is -0.00494 e. The second-order valence-corrected chi connectivity index (χ2v) is 5.19. The molecule has 0 aromatic rings. The minimum absolute atomic E-state index is 0.544. The van der Waals surface area contributed by atoms with Crippen LogP contribution in [-0.2, 0) is 0 Å². The fraction of sp³-hybridized carbons (Fsp3) is 0.571. The average Bonchev–Trinajstić information content (AvgIpc) is 2.94. The van der Waals surface area contributed by atoms with Gasteiger partial charge in [-0.3, -0.25) is 0 Å². The van der Waals surface area contributed by atoms with Crippen molar-refractivity contribution in [2.75, 3.05) is 0 Å². The van der Waals surface area contributed by atoms with Crippen molar-refractivity contribution >= 4 is 0 Å². The maximum atomic E-state index is 2.52. The lowest BCUT2D eigenvalue weighted by molar-refractivity contribution is 0.294. The van der Waals surface area contributed by atoms with E-state index in [2.05, 4.69) is 37.3 Å². The van der Waals surface area contributed by atoms with Gasteiger partial charge in [0.05, 0.1) is 0 Å². The Kier molecular flexibility index (Phi) is 1.74. The van der Waals surface area contributed by atoms with Crippen LogP contribution in [0.4, 0.5) is 0 Å². The predicted octanol–water partition coefficient (Wildman–Crippen LogP) is 3.87. The molecule has 2 bridgehead atoms. The van der Waals surface area contributed by atoms with Crippen LogP contribution in [-0.4, -0.2) is 0 Å². The van der Waals surface area contributed by atoms with E-state index >= 15 is 0 Å². The molecule has 3 aliphatic carbocycles. The number of rotatable bonds is 2. The van der Waals surface area contributed by atoms with Crippen LogP contribution in [0.5, 0.6) is 0 Å². The van der Waals surface area contributed by atoms with Crippen molar-refractivity contribution in [2.24, 2.45) is 17.3 Å². The van der Waals surface area contributed by atoms with E-state index in [1.165, 1.54) is 25.7 Å². The van der Waals surface area contributed by atoms with Crippen molar-refractivity contribution < 1.29 is 0 Å². The minimum atomic E-state index is 0.544. The Morgan fingerprint density at radius 3 is 2.93 bits per heavy atom. The molecule has 1 fully saturated rings. The molecular weight excluding hydrogens is 168 g/mol. The molecule has 0 radical (unpaired) electrons. The van der Waals surface area contributed by atoms with Gasteiger partial charge in [-0.15, -0.1) is 0 Å². The Morgan fingerprint density at radius 2 is 2.43 bits per heavy atom. The largest absolute Gasteiger partial charge is 0.0848 e. The van der Waals surface area contributed by atoms with Gasteiger partial charge < -0.3 is 0 Å². The summed E-state index contributed by atoms with van der Waals surface area (Å²) in [6, 6.07) is 0. The highest BCUT2D eigenvalue weighted by molar-refractivity contribution is 5.30. The highest BCUT2D eigenvalue weighted by Crippen LogP contribution is 2.55. The third-order valence-corrected chi connectivity index (χ3v) is 4.54. The molecule has 0 amide bonds. The van der Waals surface area contributed by atoms with Crippen LogP contribution < -0.4 is 0 Å². The Bertz CT molecular complexity index is 332. The fourth-order valence-corrected chi connectivity index (χ4v) is 3.48. The molecule has 14 heavy (non-hydrogen) atoms. The smallest absolute Gasteiger partial charge is 0.00494 e. The van der Waals surface area contributed by atoms with Crippen LogP contribution >= 0.6 is 0 Å². The van der Waals surface area contributed by atoms with Crippen molar-refractivity contribution in [2.45, 2.75) is 32.6 Å². The Morgan fingerprint density at radius 1 is 1.50 bits per heavy atom. The van der Waals surface area contributed by atoms with Crippen LogP contribution in [0.25, 0.3) is 0 Å². The molecule has 0 N–H and O–H groups in total. The second-order valence-electron chi connectivity index (χ2n) is 5.19. The molecule has 0 aliphatic heterocycles. The SMILES string of the molecule is CC(C1=CC=CC1)C12C=CC(CC1)C2. The van der Waals surface area contributed by atoms with Gasteiger partial charge in [0, 0.05) is 0 Å². The van der Waals surface area contributed by atoms with Gasteiger partial charge in [0.2, 0.25) is 0 Å². The summed E-state index contributed by atoms with van der Waals surface area (Å²) >= 11 is 0. The predicted molar refractivity (Wildman–Crippen MR) is 59.9 cm³/mol. The fourth-order valence-electron chi connectivity index (χ4n) is 3.48. The van der Waals surface area contributed by atoms with Gasteiger partial charge in [-0.05, 0) is 42.9 Å². The quantitative estimate of drug-likeness (QED) is 0.574. The Labute approximate surface area is 86.4 Å². The Hall–Kier alpha value is -0.780. The van der Waals surface area contributed by atoms with Gasteiger partial charge >= 0.3 is 0 Å². The first-order valence-corrected chi connectivity index (χ1v) is 5.85. The van der Waals surface area contributed by atoms with Gasteiger partial charge in [-0.2, -0.15) is 0 Å². The molecule has 74 valence electrons. The van der Waals surface area contributed by atoms with Gasteiger partial charge in [-0.1, -0.05) is 42.9 Å². The minimum Gasteiger partial charge on any atom is -0.0848 e. The molecule has 1 saturated carbocycles. The molecule has 0 saturated heterocycles. The van der Waals surface area contributed by atoms with E-state index in [1.807, 2.05) is 0 Å². The standard InChI is InChI=1S/C14H18/c1-11(13-4-2-3-5-13)14-8-6-12(10-14)7-9-14/h2-4,6,8,11-12H,5,7,9-10H2,1H3. The lowest BCUT2D eigenvalue weighted by Crippen LogP contribution is -2.23. The first-order chi connectivity index (χ1) is 6.80. The lowest BCUT2D eigenvalue weighted by atomic mass is 9.72. The van der Waals surface area contributed by atoms with Crippen LogP contribution in [0.2, 0.25) is 0 Å². The molecule has 0 aromatic heterocycles. The summed E-state index contributed by atoms with van der Waals surface area (Å²) in [5, 5.41) is 0. The molecule has 0 heterocycles. The number of fused-ring (bicyclic) bond motifs is 2. The zero-order chi connectivity index (χ0) is 9.60. The topological polar surface area (TPSA) is 0 Å². The first kappa shape index (κ1) is 8.52. The van der Waals surface area contributed by atoms with Crippen LogP contribution in [0.15, 0.2) is 36.0 Å². The molecule has 0 spiro atoms. The molecular formula is C14H18. The third kappa shape index (κ3) is 1.06. The summed E-state index contributed by atoms with van der Waals surface area (Å²) in [4.78, 5) is 0. The molecule has 3 rings (SSSR count). The van der Waals surface area contributed by atoms with E-state index < -0.39 is 0 Å². The van der Waals surface area contributed by atoms with Gasteiger partial charge in [0.25, 0.3) is 0 Å². The molecule has 3 unspecified atom stereocenters. The van der Waals surface area contributed by atoms with Crippen molar-refractivity contribution in [3.63, 3.8) is 0 Å². The first-order valence-electron chi connectivity index (χ1n) is 5.85. The monoisotopic (exact) mass is 186 g/mol. The molecule has 0 aromatic carbocycles. The maximum absolute atomic E-state index is 2.52. The summed E-state index contributed by atoms with van der Waals surface area (Å²) in [5.41, 5.74) is 2.19. The van der Waals surface area contributed by atoms with Crippen molar-refractivity contribution in [1.82, 2.24) is 0 Å². The highest BCUT2D eigenvalue weighted by Gasteiger charge is 2.45. The third-order valence-electron chi connectivity index (χ3n) is 4.54.